The van der Waals surface area contributed by atoms with Gasteiger partial charge in [-0.1, -0.05) is 79.3 Å². The first kappa shape index (κ1) is 14.8. The predicted molar refractivity (Wildman–Crippen MR) is 104 cm³/mol. The van der Waals surface area contributed by atoms with Crippen molar-refractivity contribution in [3.63, 3.8) is 0 Å². The van der Waals surface area contributed by atoms with Crippen molar-refractivity contribution in [2.24, 2.45) is 0 Å². The zero-order valence-corrected chi connectivity index (χ0v) is 15.8. The Hall–Kier alpha value is -0.800. The summed E-state index contributed by atoms with van der Waals surface area (Å²) in [5.74, 6) is 0. The Morgan fingerprint density at radius 3 is 1.41 bits per heavy atom. The Morgan fingerprint density at radius 2 is 0.955 bits per heavy atom. The number of halogens is 4. The van der Waals surface area contributed by atoms with Gasteiger partial charge >= 0.3 is 0 Å². The molecular weight excluding hydrogens is 447 g/mol. The Morgan fingerprint density at radius 1 is 0.545 bits per heavy atom. The summed E-state index contributed by atoms with van der Waals surface area (Å²) >= 11 is 19.7. The molecule has 0 aliphatic heterocycles. The van der Waals surface area contributed by atoms with Crippen LogP contribution >= 0.6 is 55.1 Å². The van der Waals surface area contributed by atoms with E-state index in [9.17, 15) is 0 Å². The average molecular weight is 455 g/mol. The lowest BCUT2D eigenvalue weighted by molar-refractivity contribution is 1.72. The molecule has 0 bridgehead atoms. The summed E-state index contributed by atoms with van der Waals surface area (Å²) in [6.45, 7) is 0. The lowest BCUT2D eigenvalue weighted by Crippen LogP contribution is -1.84. The van der Waals surface area contributed by atoms with Crippen molar-refractivity contribution < 1.29 is 0 Å². The van der Waals surface area contributed by atoms with Gasteiger partial charge in [0.1, 0.15) is 0 Å². The molecule has 22 heavy (non-hydrogen) atoms. The fraction of sp³-hybridized carbons (Fsp3) is 0. The first-order valence-electron chi connectivity index (χ1n) is 6.64. The molecule has 0 amide bonds. The molecule has 4 rings (SSSR count). The highest BCUT2D eigenvalue weighted by Gasteiger charge is 2.12. The highest BCUT2D eigenvalue weighted by Crippen LogP contribution is 2.41. The third-order valence-electron chi connectivity index (χ3n) is 3.84. The second-order valence-corrected chi connectivity index (χ2v) is 7.78. The van der Waals surface area contributed by atoms with Crippen LogP contribution in [0.2, 0.25) is 10.0 Å². The van der Waals surface area contributed by atoms with Crippen LogP contribution in [0.15, 0.2) is 57.5 Å². The van der Waals surface area contributed by atoms with Crippen LogP contribution in [0.25, 0.3) is 32.3 Å². The third kappa shape index (κ3) is 2.25. The minimum Gasteiger partial charge on any atom is -0.0843 e. The van der Waals surface area contributed by atoms with E-state index in [4.69, 9.17) is 23.2 Å². The Kier molecular flexibility index (Phi) is 3.61. The molecule has 0 atom stereocenters. The zero-order valence-electron chi connectivity index (χ0n) is 11.1. The lowest BCUT2D eigenvalue weighted by Gasteiger charge is -2.12. The molecular formula is C18H8Br2Cl2. The smallest absolute Gasteiger partial charge is 0.0423 e. The van der Waals surface area contributed by atoms with Crippen molar-refractivity contribution in [3.8, 4) is 0 Å². The molecule has 0 saturated heterocycles. The Balaban J connectivity index is 2.37. The number of benzene rings is 4. The maximum absolute atomic E-state index is 6.19. The second kappa shape index (κ2) is 5.38. The highest BCUT2D eigenvalue weighted by atomic mass is 79.9. The predicted octanol–water partition coefficient (Wildman–Crippen LogP) is 7.98. The van der Waals surface area contributed by atoms with Crippen LogP contribution < -0.4 is 0 Å². The molecule has 4 aromatic carbocycles. The van der Waals surface area contributed by atoms with E-state index in [1.54, 1.807) is 0 Å². The van der Waals surface area contributed by atoms with Gasteiger partial charge in [-0.25, -0.2) is 0 Å². The number of hydrogen-bond acceptors (Lipinski definition) is 0. The number of hydrogen-bond donors (Lipinski definition) is 0. The fourth-order valence-corrected chi connectivity index (χ4v) is 5.04. The summed E-state index contributed by atoms with van der Waals surface area (Å²) in [6, 6.07) is 16.3. The van der Waals surface area contributed by atoms with Gasteiger partial charge in [0.15, 0.2) is 0 Å². The zero-order chi connectivity index (χ0) is 15.4. The SMILES string of the molecule is Clc1cc(Br)c2c(ccc3ccc4cc(Cl)cc(Br)c4c32)c1. The van der Waals surface area contributed by atoms with Gasteiger partial charge in [0.25, 0.3) is 0 Å². The van der Waals surface area contributed by atoms with Crippen molar-refractivity contribution >= 4 is 87.4 Å². The molecule has 108 valence electrons. The number of fused-ring (bicyclic) bond motifs is 5. The van der Waals surface area contributed by atoms with E-state index in [0.717, 1.165) is 40.5 Å². The molecule has 0 fully saturated rings. The molecule has 0 aliphatic rings. The van der Waals surface area contributed by atoms with Crippen molar-refractivity contribution in [1.29, 1.82) is 0 Å². The van der Waals surface area contributed by atoms with Crippen LogP contribution in [0.5, 0.6) is 0 Å². The van der Waals surface area contributed by atoms with Gasteiger partial charge < -0.3 is 0 Å². The highest BCUT2D eigenvalue weighted by molar-refractivity contribution is 9.11. The number of rotatable bonds is 0. The summed E-state index contributed by atoms with van der Waals surface area (Å²) in [4.78, 5) is 0. The minimum absolute atomic E-state index is 0.723. The summed E-state index contributed by atoms with van der Waals surface area (Å²) in [5.41, 5.74) is 0. The molecule has 0 nitrogen and oxygen atoms in total. The van der Waals surface area contributed by atoms with Crippen molar-refractivity contribution in [1.82, 2.24) is 0 Å². The topological polar surface area (TPSA) is 0 Å². The van der Waals surface area contributed by atoms with Gasteiger partial charge in [0.2, 0.25) is 0 Å². The first-order valence-corrected chi connectivity index (χ1v) is 8.98. The maximum Gasteiger partial charge on any atom is 0.0423 e. The molecule has 0 radical (unpaired) electrons. The van der Waals surface area contributed by atoms with Crippen molar-refractivity contribution in [2.75, 3.05) is 0 Å². The molecule has 0 aliphatic carbocycles. The van der Waals surface area contributed by atoms with Crippen LogP contribution in [0, 0.1) is 0 Å². The van der Waals surface area contributed by atoms with Gasteiger partial charge in [-0.3, -0.25) is 0 Å². The van der Waals surface area contributed by atoms with Gasteiger partial charge in [-0.05, 0) is 45.8 Å². The average Bonchev–Trinajstić information content (AvgIpc) is 2.45. The van der Waals surface area contributed by atoms with E-state index in [2.05, 4.69) is 56.1 Å². The van der Waals surface area contributed by atoms with E-state index in [1.807, 2.05) is 24.3 Å². The quantitative estimate of drug-likeness (QED) is 0.236. The molecule has 0 aromatic heterocycles. The van der Waals surface area contributed by atoms with Crippen LogP contribution in [0.1, 0.15) is 0 Å². The summed E-state index contributed by atoms with van der Waals surface area (Å²) in [5, 5.41) is 8.38. The summed E-state index contributed by atoms with van der Waals surface area (Å²) in [7, 11) is 0. The van der Waals surface area contributed by atoms with Crippen LogP contribution in [0.3, 0.4) is 0 Å². The molecule has 0 spiro atoms. The maximum atomic E-state index is 6.19. The van der Waals surface area contributed by atoms with E-state index >= 15 is 0 Å². The Labute approximate surface area is 154 Å². The van der Waals surface area contributed by atoms with Gasteiger partial charge in [-0.15, -0.1) is 0 Å². The molecule has 4 aromatic rings. The van der Waals surface area contributed by atoms with E-state index in [1.165, 1.54) is 10.8 Å². The van der Waals surface area contributed by atoms with Gasteiger partial charge in [0.05, 0.1) is 0 Å². The van der Waals surface area contributed by atoms with Crippen molar-refractivity contribution in [3.05, 3.63) is 67.5 Å². The first-order chi connectivity index (χ1) is 10.5. The third-order valence-corrected chi connectivity index (χ3v) is 5.53. The molecule has 0 unspecified atom stereocenters. The monoisotopic (exact) mass is 452 g/mol. The summed E-state index contributed by atoms with van der Waals surface area (Å²) in [6.07, 6.45) is 0. The van der Waals surface area contributed by atoms with Gasteiger partial charge in [0, 0.05) is 29.8 Å². The summed E-state index contributed by atoms with van der Waals surface area (Å²) < 4.78 is 1.99. The molecule has 4 heteroatoms. The van der Waals surface area contributed by atoms with Crippen LogP contribution in [-0.4, -0.2) is 0 Å². The minimum atomic E-state index is 0.723. The normalized spacial score (nSPS) is 11.6. The fourth-order valence-electron chi connectivity index (χ4n) is 2.97. The molecule has 0 heterocycles. The standard InChI is InChI=1S/C18H8Br2Cl2/c19-14-7-12(21)5-10-3-1-9-2-4-11-6-13(22)8-15(20)17(11)18(9)16(10)14/h1-8H. The van der Waals surface area contributed by atoms with E-state index in [-0.39, 0.29) is 0 Å². The van der Waals surface area contributed by atoms with E-state index in [0.29, 0.717) is 0 Å². The van der Waals surface area contributed by atoms with Gasteiger partial charge in [-0.2, -0.15) is 0 Å². The van der Waals surface area contributed by atoms with Crippen LogP contribution in [-0.2, 0) is 0 Å². The van der Waals surface area contributed by atoms with Crippen LogP contribution in [0.4, 0.5) is 0 Å². The Bertz CT molecular complexity index is 989. The largest absolute Gasteiger partial charge is 0.0843 e. The lowest BCUT2D eigenvalue weighted by atomic mass is 9.96. The van der Waals surface area contributed by atoms with Crippen molar-refractivity contribution in [2.45, 2.75) is 0 Å². The molecule has 0 saturated carbocycles. The molecule has 0 N–H and O–H groups in total. The second-order valence-electron chi connectivity index (χ2n) is 5.20. The van der Waals surface area contributed by atoms with E-state index < -0.39 is 0 Å².